The Morgan fingerprint density at radius 1 is 1.36 bits per heavy atom. The van der Waals surface area contributed by atoms with Crippen molar-refractivity contribution in [2.45, 2.75) is 6.54 Å². The van der Waals surface area contributed by atoms with Gasteiger partial charge in [0.1, 0.15) is 5.02 Å². The molecule has 7 heteroatoms. The van der Waals surface area contributed by atoms with Crippen LogP contribution in [0.15, 0.2) is 53.4 Å². The van der Waals surface area contributed by atoms with Gasteiger partial charge in [0.25, 0.3) is 0 Å². The Balaban J connectivity index is 2.10. The summed E-state index contributed by atoms with van der Waals surface area (Å²) in [5, 5.41) is 6.59. The van der Waals surface area contributed by atoms with Crippen molar-refractivity contribution in [2.75, 3.05) is 17.7 Å². The van der Waals surface area contributed by atoms with Crippen LogP contribution in [0, 0.1) is 0 Å². The van der Waals surface area contributed by atoms with E-state index in [1.807, 2.05) is 30.3 Å². The summed E-state index contributed by atoms with van der Waals surface area (Å²) in [6.07, 6.45) is 4.50. The monoisotopic (exact) mass is 316 g/mol. The first-order chi connectivity index (χ1) is 10.7. The quantitative estimate of drug-likeness (QED) is 0.713. The molecule has 0 amide bonds. The predicted octanol–water partition coefficient (Wildman–Crippen LogP) is 2.65. The lowest BCUT2D eigenvalue weighted by Gasteiger charge is -2.10. The minimum absolute atomic E-state index is 0.386. The smallest absolute Gasteiger partial charge is 0.229 e. The molecule has 0 atom stereocenters. The van der Waals surface area contributed by atoms with Gasteiger partial charge in [0.2, 0.25) is 5.95 Å². The highest BCUT2D eigenvalue weighted by molar-refractivity contribution is 6.32. The zero-order valence-electron chi connectivity index (χ0n) is 12.1. The van der Waals surface area contributed by atoms with Crippen molar-refractivity contribution in [3.05, 3.63) is 59.0 Å². The summed E-state index contributed by atoms with van der Waals surface area (Å²) in [7, 11) is 1.65. The molecule has 1 aromatic carbocycles. The molecule has 0 saturated heterocycles. The lowest BCUT2D eigenvalue weighted by Crippen LogP contribution is -2.09. The molecule has 4 N–H and O–H groups in total. The molecule has 22 heavy (non-hydrogen) atoms. The van der Waals surface area contributed by atoms with Crippen molar-refractivity contribution in [2.24, 2.45) is 10.7 Å². The van der Waals surface area contributed by atoms with Crippen LogP contribution in [0.3, 0.4) is 0 Å². The molecule has 0 fully saturated rings. The van der Waals surface area contributed by atoms with E-state index < -0.39 is 0 Å². The molecule has 2 aromatic rings. The molecular weight excluding hydrogens is 300 g/mol. The maximum Gasteiger partial charge on any atom is 0.229 e. The molecule has 0 aliphatic carbocycles. The van der Waals surface area contributed by atoms with Gasteiger partial charge in [-0.15, -0.1) is 0 Å². The number of nitrogens with two attached hydrogens (primary N) is 1. The maximum atomic E-state index is 6.11. The molecule has 1 heterocycles. The van der Waals surface area contributed by atoms with Crippen LogP contribution in [0.5, 0.6) is 0 Å². The fraction of sp³-hybridized carbons (Fsp3) is 0.133. The molecular formula is C15H17ClN6. The highest BCUT2D eigenvalue weighted by atomic mass is 35.5. The summed E-state index contributed by atoms with van der Waals surface area (Å²) >= 11 is 6.11. The number of nitrogens with zero attached hydrogens (tertiary/aromatic N) is 3. The normalized spacial score (nSPS) is 11.6. The van der Waals surface area contributed by atoms with Gasteiger partial charge >= 0.3 is 0 Å². The summed E-state index contributed by atoms with van der Waals surface area (Å²) in [5.74, 6) is 0.935. The molecule has 114 valence electrons. The minimum Gasteiger partial charge on any atom is -0.403 e. The number of hydrogen-bond acceptors (Lipinski definition) is 6. The lowest BCUT2D eigenvalue weighted by atomic mass is 10.2. The number of hydrogen-bond donors (Lipinski definition) is 3. The first-order valence-electron chi connectivity index (χ1n) is 6.64. The van der Waals surface area contributed by atoms with E-state index in [2.05, 4.69) is 25.6 Å². The third-order valence-corrected chi connectivity index (χ3v) is 3.03. The number of aromatic nitrogens is 2. The van der Waals surface area contributed by atoms with E-state index >= 15 is 0 Å². The van der Waals surface area contributed by atoms with E-state index in [4.69, 9.17) is 17.3 Å². The van der Waals surface area contributed by atoms with Crippen molar-refractivity contribution >= 4 is 29.6 Å². The van der Waals surface area contributed by atoms with Crippen molar-refractivity contribution in [3.8, 4) is 0 Å². The second kappa shape index (κ2) is 7.99. The number of nitrogens with one attached hydrogen (secondary N) is 2. The standard InChI is InChI=1S/C15H17ClN6/c1-18-9-12(7-17)21-15-20-10-13(16)14(22-15)19-8-11-5-3-2-4-6-11/h2-7,9-10H,8,17H2,1H3,(H2,19,20,21,22)/b12-7+,18-9?. The second-order valence-electron chi connectivity index (χ2n) is 4.36. The molecule has 0 bridgehead atoms. The Kier molecular flexibility index (Phi) is 5.73. The maximum absolute atomic E-state index is 6.11. The van der Waals surface area contributed by atoms with Crippen LogP contribution >= 0.6 is 11.6 Å². The van der Waals surface area contributed by atoms with Crippen LogP contribution < -0.4 is 16.4 Å². The van der Waals surface area contributed by atoms with Crippen molar-refractivity contribution in [1.29, 1.82) is 0 Å². The molecule has 0 aliphatic heterocycles. The summed E-state index contributed by atoms with van der Waals surface area (Å²) < 4.78 is 0. The van der Waals surface area contributed by atoms with Gasteiger partial charge in [-0.1, -0.05) is 41.9 Å². The molecule has 0 spiro atoms. The molecule has 0 radical (unpaired) electrons. The first-order valence-corrected chi connectivity index (χ1v) is 7.02. The van der Waals surface area contributed by atoms with Gasteiger partial charge < -0.3 is 16.4 Å². The van der Waals surface area contributed by atoms with Crippen LogP contribution in [0.4, 0.5) is 11.8 Å². The molecule has 0 unspecified atom stereocenters. The van der Waals surface area contributed by atoms with E-state index in [9.17, 15) is 0 Å². The Bertz CT molecular complexity index is 669. The van der Waals surface area contributed by atoms with E-state index in [1.54, 1.807) is 13.3 Å². The molecule has 0 saturated carbocycles. The summed E-state index contributed by atoms with van der Waals surface area (Å²) in [4.78, 5) is 12.3. The third kappa shape index (κ3) is 4.46. The molecule has 0 aliphatic rings. The average Bonchev–Trinajstić information content (AvgIpc) is 2.55. The Hall–Kier alpha value is -2.60. The van der Waals surface area contributed by atoms with E-state index in [0.717, 1.165) is 5.56 Å². The van der Waals surface area contributed by atoms with Gasteiger partial charge in [0.15, 0.2) is 5.82 Å². The van der Waals surface area contributed by atoms with Crippen molar-refractivity contribution in [1.82, 2.24) is 9.97 Å². The van der Waals surface area contributed by atoms with E-state index in [0.29, 0.717) is 29.0 Å². The van der Waals surface area contributed by atoms with Gasteiger partial charge in [-0.05, 0) is 5.56 Å². The number of anilines is 2. The third-order valence-electron chi connectivity index (χ3n) is 2.75. The summed E-state index contributed by atoms with van der Waals surface area (Å²) in [6.45, 7) is 0.618. The Labute approximate surface area is 134 Å². The zero-order valence-corrected chi connectivity index (χ0v) is 12.9. The largest absolute Gasteiger partial charge is 0.403 e. The van der Waals surface area contributed by atoms with Crippen molar-refractivity contribution in [3.63, 3.8) is 0 Å². The van der Waals surface area contributed by atoms with Gasteiger partial charge in [-0.25, -0.2) is 4.98 Å². The van der Waals surface area contributed by atoms with Gasteiger partial charge in [0.05, 0.1) is 11.9 Å². The van der Waals surface area contributed by atoms with Gasteiger partial charge in [-0.2, -0.15) is 4.98 Å². The summed E-state index contributed by atoms with van der Waals surface area (Å²) in [5.41, 5.74) is 7.22. The van der Waals surface area contributed by atoms with Crippen molar-refractivity contribution < 1.29 is 0 Å². The van der Waals surface area contributed by atoms with Crippen LogP contribution in [0.1, 0.15) is 5.56 Å². The fourth-order valence-electron chi connectivity index (χ4n) is 1.72. The number of allylic oxidation sites excluding steroid dienone is 1. The fourth-order valence-corrected chi connectivity index (χ4v) is 1.88. The topological polar surface area (TPSA) is 88.2 Å². The number of benzene rings is 1. The van der Waals surface area contributed by atoms with E-state index in [-0.39, 0.29) is 0 Å². The SMILES string of the molecule is CN=C/C(=C\N)Nc1ncc(Cl)c(NCc2ccccc2)n1. The predicted molar refractivity (Wildman–Crippen MR) is 91.1 cm³/mol. The second-order valence-corrected chi connectivity index (χ2v) is 4.77. The van der Waals surface area contributed by atoms with Gasteiger partial charge in [-0.3, -0.25) is 4.99 Å². The number of rotatable bonds is 6. The van der Waals surface area contributed by atoms with Crippen LogP contribution in [-0.2, 0) is 6.54 Å². The van der Waals surface area contributed by atoms with Crippen LogP contribution in [0.25, 0.3) is 0 Å². The number of aliphatic imine (C=N–C) groups is 1. The number of halogens is 1. The highest BCUT2D eigenvalue weighted by Gasteiger charge is 2.06. The van der Waals surface area contributed by atoms with E-state index in [1.165, 1.54) is 12.4 Å². The Morgan fingerprint density at radius 2 is 2.14 bits per heavy atom. The van der Waals surface area contributed by atoms with Crippen LogP contribution in [0.2, 0.25) is 5.02 Å². The molecule has 6 nitrogen and oxygen atoms in total. The molecule has 2 rings (SSSR count). The van der Waals surface area contributed by atoms with Gasteiger partial charge in [0, 0.05) is 26.0 Å². The van der Waals surface area contributed by atoms with Crippen LogP contribution in [-0.4, -0.2) is 23.2 Å². The average molecular weight is 317 g/mol. The highest BCUT2D eigenvalue weighted by Crippen LogP contribution is 2.20. The Morgan fingerprint density at radius 3 is 2.82 bits per heavy atom. The minimum atomic E-state index is 0.386. The lowest BCUT2D eigenvalue weighted by molar-refractivity contribution is 1.08. The first kappa shape index (κ1) is 15.8. The zero-order chi connectivity index (χ0) is 15.8. The summed E-state index contributed by atoms with van der Waals surface area (Å²) in [6, 6.07) is 9.98. The molecule has 1 aromatic heterocycles.